The van der Waals surface area contributed by atoms with E-state index in [2.05, 4.69) is 5.32 Å². The van der Waals surface area contributed by atoms with Crippen LogP contribution < -0.4 is 10.1 Å². The number of halogens is 2. The van der Waals surface area contributed by atoms with Gasteiger partial charge in [-0.05, 0) is 29.3 Å². The Morgan fingerprint density at radius 3 is 2.16 bits per heavy atom. The highest BCUT2D eigenvalue weighted by Gasteiger charge is 2.30. The molecule has 5 nitrogen and oxygen atoms in total. The Kier molecular flexibility index (Phi) is 8.54. The van der Waals surface area contributed by atoms with Crippen LogP contribution in [0.5, 0.6) is 5.75 Å². The number of hydrogen-bond acceptors (Lipinski definition) is 3. The molecule has 3 rings (SSSR count). The highest BCUT2D eigenvalue weighted by Crippen LogP contribution is 2.27. The third-order valence-electron chi connectivity index (χ3n) is 4.96. The van der Waals surface area contributed by atoms with Crippen molar-refractivity contribution < 1.29 is 14.3 Å². The van der Waals surface area contributed by atoms with Crippen LogP contribution in [0.25, 0.3) is 0 Å². The Balaban J connectivity index is 1.86. The average Bonchev–Trinajstić information content (AvgIpc) is 2.81. The van der Waals surface area contributed by atoms with Crippen molar-refractivity contribution in [3.8, 4) is 5.75 Å². The number of likely N-dealkylation sites (N-methyl/N-ethyl adjacent to an activating group) is 1. The monoisotopic (exact) mass is 470 g/mol. The molecule has 0 saturated heterocycles. The molecule has 1 N–H and O–H groups in total. The largest absolute Gasteiger partial charge is 0.482 e. The summed E-state index contributed by atoms with van der Waals surface area (Å²) in [5.74, 6) is -0.226. The topological polar surface area (TPSA) is 58.6 Å². The van der Waals surface area contributed by atoms with E-state index in [-0.39, 0.29) is 25.0 Å². The van der Waals surface area contributed by atoms with Crippen LogP contribution in [0.1, 0.15) is 11.1 Å². The Bertz CT molecular complexity index is 1050. The molecule has 0 aliphatic rings. The van der Waals surface area contributed by atoms with Crippen molar-refractivity contribution in [2.75, 3.05) is 13.7 Å². The number of hydrogen-bond donors (Lipinski definition) is 1. The molecule has 0 unspecified atom stereocenters. The van der Waals surface area contributed by atoms with E-state index in [9.17, 15) is 9.59 Å². The molecule has 32 heavy (non-hydrogen) atoms. The van der Waals surface area contributed by atoms with E-state index in [4.69, 9.17) is 27.9 Å². The van der Waals surface area contributed by atoms with E-state index in [1.165, 1.54) is 0 Å². The second kappa shape index (κ2) is 11.6. The van der Waals surface area contributed by atoms with Gasteiger partial charge in [0.2, 0.25) is 5.91 Å². The van der Waals surface area contributed by atoms with Crippen molar-refractivity contribution in [2.24, 2.45) is 0 Å². The fourth-order valence-electron chi connectivity index (χ4n) is 3.32. The number of amides is 2. The summed E-state index contributed by atoms with van der Waals surface area (Å²) < 4.78 is 5.67. The molecule has 0 fully saturated rings. The zero-order valence-electron chi connectivity index (χ0n) is 17.6. The molecule has 2 amide bonds. The number of nitrogens with one attached hydrogen (secondary N) is 1. The van der Waals surface area contributed by atoms with Crippen LogP contribution in [0.3, 0.4) is 0 Å². The molecular formula is C25H24Cl2N2O3. The summed E-state index contributed by atoms with van der Waals surface area (Å²) >= 11 is 12.1. The quantitative estimate of drug-likeness (QED) is 0.490. The Morgan fingerprint density at radius 2 is 1.56 bits per heavy atom. The fourth-order valence-corrected chi connectivity index (χ4v) is 3.78. The average molecular weight is 471 g/mol. The highest BCUT2D eigenvalue weighted by atomic mass is 35.5. The van der Waals surface area contributed by atoms with Gasteiger partial charge in [-0.25, -0.2) is 0 Å². The van der Waals surface area contributed by atoms with Gasteiger partial charge >= 0.3 is 0 Å². The molecular weight excluding hydrogens is 447 g/mol. The Hall–Kier alpha value is -3.02. The molecule has 0 saturated carbocycles. The molecule has 166 valence electrons. The molecule has 1 atom stereocenters. The normalized spacial score (nSPS) is 11.5. The first kappa shape index (κ1) is 23.6. The van der Waals surface area contributed by atoms with Crippen molar-refractivity contribution in [1.29, 1.82) is 0 Å². The van der Waals surface area contributed by atoms with Gasteiger partial charge in [0.1, 0.15) is 11.8 Å². The highest BCUT2D eigenvalue weighted by molar-refractivity contribution is 6.35. The summed E-state index contributed by atoms with van der Waals surface area (Å²) in [4.78, 5) is 27.7. The molecule has 0 aliphatic heterocycles. The first-order chi connectivity index (χ1) is 15.5. The lowest BCUT2D eigenvalue weighted by molar-refractivity contribution is -0.142. The molecule has 0 radical (unpaired) electrons. The summed E-state index contributed by atoms with van der Waals surface area (Å²) in [5, 5.41) is 3.47. The van der Waals surface area contributed by atoms with E-state index in [0.717, 1.165) is 11.1 Å². The first-order valence-electron chi connectivity index (χ1n) is 10.1. The molecule has 3 aromatic rings. The van der Waals surface area contributed by atoms with E-state index in [1.54, 1.807) is 30.1 Å². The van der Waals surface area contributed by atoms with Crippen molar-refractivity contribution in [3.05, 3.63) is 100 Å². The fraction of sp³-hybridized carbons (Fsp3) is 0.200. The molecule has 0 spiro atoms. The predicted molar refractivity (Wildman–Crippen MR) is 127 cm³/mol. The van der Waals surface area contributed by atoms with Crippen LogP contribution in [0.15, 0.2) is 78.9 Å². The predicted octanol–water partition coefficient (Wildman–Crippen LogP) is 4.76. The molecule has 3 aromatic carbocycles. The number of ether oxygens (including phenoxy) is 1. The van der Waals surface area contributed by atoms with Crippen LogP contribution in [0.4, 0.5) is 0 Å². The summed E-state index contributed by atoms with van der Waals surface area (Å²) in [7, 11) is 1.56. The standard InChI is InChI=1S/C25H24Cl2N2O3/c1-28-25(31)22(14-18-8-4-2-5-9-18)29(16-19-10-6-3-7-11-19)24(30)17-32-23-13-12-20(26)15-21(23)27/h2-13,15,22H,14,16-17H2,1H3,(H,28,31)/t22-/m0/s1. The second-order valence-electron chi connectivity index (χ2n) is 7.19. The Morgan fingerprint density at radius 1 is 0.938 bits per heavy atom. The zero-order valence-corrected chi connectivity index (χ0v) is 19.1. The van der Waals surface area contributed by atoms with E-state index in [1.807, 2.05) is 60.7 Å². The van der Waals surface area contributed by atoms with Gasteiger partial charge in [-0.2, -0.15) is 0 Å². The van der Waals surface area contributed by atoms with Crippen molar-refractivity contribution in [1.82, 2.24) is 10.2 Å². The van der Waals surface area contributed by atoms with Crippen molar-refractivity contribution in [3.63, 3.8) is 0 Å². The van der Waals surface area contributed by atoms with E-state index >= 15 is 0 Å². The third-order valence-corrected chi connectivity index (χ3v) is 5.49. The minimum atomic E-state index is -0.709. The number of nitrogens with zero attached hydrogens (tertiary/aromatic N) is 1. The smallest absolute Gasteiger partial charge is 0.261 e. The molecule has 0 bridgehead atoms. The molecule has 7 heteroatoms. The van der Waals surface area contributed by atoms with Crippen LogP contribution in [0.2, 0.25) is 10.0 Å². The molecule has 0 aliphatic carbocycles. The number of carbonyl (C=O) groups is 2. The van der Waals surface area contributed by atoms with Gasteiger partial charge in [0.05, 0.1) is 5.02 Å². The van der Waals surface area contributed by atoms with Crippen LogP contribution in [-0.4, -0.2) is 36.4 Å². The minimum Gasteiger partial charge on any atom is -0.482 e. The lowest BCUT2D eigenvalue weighted by Gasteiger charge is -2.31. The Labute approximate surface area is 197 Å². The van der Waals surface area contributed by atoms with Crippen LogP contribution in [0, 0.1) is 0 Å². The number of carbonyl (C=O) groups excluding carboxylic acids is 2. The minimum absolute atomic E-state index is 0.248. The molecule has 0 aromatic heterocycles. The first-order valence-corrected chi connectivity index (χ1v) is 10.9. The summed E-state index contributed by atoms with van der Waals surface area (Å²) in [6, 6.07) is 23.2. The van der Waals surface area contributed by atoms with Crippen LogP contribution in [-0.2, 0) is 22.6 Å². The van der Waals surface area contributed by atoms with Gasteiger partial charge in [0.15, 0.2) is 6.61 Å². The van der Waals surface area contributed by atoms with Crippen molar-refractivity contribution >= 4 is 35.0 Å². The molecule has 0 heterocycles. The van der Waals surface area contributed by atoms with Gasteiger partial charge in [-0.1, -0.05) is 83.9 Å². The SMILES string of the molecule is CNC(=O)[C@H](Cc1ccccc1)N(Cc1ccccc1)C(=O)COc1ccc(Cl)cc1Cl. The maximum atomic E-state index is 13.3. The van der Waals surface area contributed by atoms with Gasteiger partial charge in [0.25, 0.3) is 5.91 Å². The summed E-state index contributed by atoms with van der Waals surface area (Å²) in [6.45, 7) is -0.00122. The van der Waals surface area contributed by atoms with Gasteiger partial charge in [-0.15, -0.1) is 0 Å². The maximum absolute atomic E-state index is 13.3. The third kappa shape index (κ3) is 6.49. The summed E-state index contributed by atoms with van der Waals surface area (Å²) in [6.07, 6.45) is 0.376. The number of rotatable bonds is 9. The van der Waals surface area contributed by atoms with Gasteiger partial charge < -0.3 is 15.0 Å². The lowest BCUT2D eigenvalue weighted by Crippen LogP contribution is -2.51. The summed E-state index contributed by atoms with van der Waals surface area (Å²) in [5.41, 5.74) is 1.86. The van der Waals surface area contributed by atoms with E-state index < -0.39 is 6.04 Å². The maximum Gasteiger partial charge on any atom is 0.261 e. The second-order valence-corrected chi connectivity index (χ2v) is 8.03. The van der Waals surface area contributed by atoms with Crippen LogP contribution >= 0.6 is 23.2 Å². The number of benzene rings is 3. The lowest BCUT2D eigenvalue weighted by atomic mass is 10.0. The zero-order chi connectivity index (χ0) is 22.9. The van der Waals surface area contributed by atoms with E-state index in [0.29, 0.717) is 22.2 Å². The van der Waals surface area contributed by atoms with Crippen molar-refractivity contribution in [2.45, 2.75) is 19.0 Å². The van der Waals surface area contributed by atoms with Gasteiger partial charge in [0, 0.05) is 25.0 Å². The van der Waals surface area contributed by atoms with Gasteiger partial charge in [-0.3, -0.25) is 9.59 Å².